The van der Waals surface area contributed by atoms with Crippen molar-refractivity contribution in [3.05, 3.63) is 101 Å². The number of nitrogens with zero attached hydrogens (tertiary/aromatic N) is 1. The van der Waals surface area contributed by atoms with Crippen molar-refractivity contribution in [3.8, 4) is 5.75 Å². The first kappa shape index (κ1) is 24.3. The molecule has 0 bridgehead atoms. The molecule has 0 fully saturated rings. The van der Waals surface area contributed by atoms with Crippen LogP contribution in [0.15, 0.2) is 78.9 Å². The number of amides is 2. The van der Waals surface area contributed by atoms with Gasteiger partial charge in [-0.25, -0.2) is 0 Å². The van der Waals surface area contributed by atoms with E-state index in [2.05, 4.69) is 5.32 Å². The molecular weight excluding hydrogens is 436 g/mol. The Hall–Kier alpha value is -3.31. The van der Waals surface area contributed by atoms with E-state index in [1.54, 1.807) is 31.1 Å². The molecule has 1 unspecified atom stereocenters. The lowest BCUT2D eigenvalue weighted by molar-refractivity contribution is -0.140. The van der Waals surface area contributed by atoms with E-state index < -0.39 is 6.04 Å². The summed E-state index contributed by atoms with van der Waals surface area (Å²) < 4.78 is 5.22. The molecule has 0 aliphatic heterocycles. The number of hydrogen-bond acceptors (Lipinski definition) is 3. The highest BCUT2D eigenvalue weighted by Crippen LogP contribution is 2.17. The van der Waals surface area contributed by atoms with Gasteiger partial charge in [0, 0.05) is 18.1 Å². The molecule has 6 heteroatoms. The molecule has 0 aliphatic carbocycles. The summed E-state index contributed by atoms with van der Waals surface area (Å²) in [5.41, 5.74) is 2.92. The SMILES string of the molecule is COc1ccc(CN(C(=O)Cc2ccc(Cl)cc2)C(C)C(=O)NCCc2ccccc2)cc1. The summed E-state index contributed by atoms with van der Waals surface area (Å²) in [6.07, 6.45) is 0.922. The van der Waals surface area contributed by atoms with Gasteiger partial charge in [0.2, 0.25) is 11.8 Å². The van der Waals surface area contributed by atoms with Gasteiger partial charge in [-0.3, -0.25) is 9.59 Å². The van der Waals surface area contributed by atoms with Crippen molar-refractivity contribution in [1.82, 2.24) is 10.2 Å². The molecule has 3 rings (SSSR count). The van der Waals surface area contributed by atoms with E-state index in [4.69, 9.17) is 16.3 Å². The molecule has 0 aromatic heterocycles. The fourth-order valence-corrected chi connectivity index (χ4v) is 3.64. The van der Waals surface area contributed by atoms with Gasteiger partial charge in [0.25, 0.3) is 0 Å². The van der Waals surface area contributed by atoms with Gasteiger partial charge in [-0.15, -0.1) is 0 Å². The maximum absolute atomic E-state index is 13.3. The van der Waals surface area contributed by atoms with Crippen LogP contribution in [-0.4, -0.2) is 36.4 Å². The summed E-state index contributed by atoms with van der Waals surface area (Å²) in [5, 5.41) is 3.59. The van der Waals surface area contributed by atoms with Crippen LogP contribution in [0.5, 0.6) is 5.75 Å². The van der Waals surface area contributed by atoms with E-state index in [0.717, 1.165) is 28.9 Å². The largest absolute Gasteiger partial charge is 0.497 e. The van der Waals surface area contributed by atoms with Gasteiger partial charge in [-0.05, 0) is 54.3 Å². The lowest BCUT2D eigenvalue weighted by Gasteiger charge is -2.29. The first-order valence-electron chi connectivity index (χ1n) is 10.9. The standard InChI is InChI=1S/C27H29ClN2O3/c1-20(27(32)29-17-16-21-6-4-3-5-7-21)30(19-23-10-14-25(33-2)15-11-23)26(31)18-22-8-12-24(28)13-9-22/h3-15,20H,16-19H2,1-2H3,(H,29,32). The van der Waals surface area contributed by atoms with Crippen LogP contribution in [0.3, 0.4) is 0 Å². The van der Waals surface area contributed by atoms with Crippen molar-refractivity contribution in [1.29, 1.82) is 0 Å². The van der Waals surface area contributed by atoms with E-state index in [9.17, 15) is 9.59 Å². The lowest BCUT2D eigenvalue weighted by Crippen LogP contribution is -2.48. The fourth-order valence-electron chi connectivity index (χ4n) is 3.51. The summed E-state index contributed by atoms with van der Waals surface area (Å²) >= 11 is 5.97. The number of nitrogens with one attached hydrogen (secondary N) is 1. The normalized spacial score (nSPS) is 11.5. The van der Waals surface area contributed by atoms with Crippen LogP contribution in [0, 0.1) is 0 Å². The molecule has 0 saturated heterocycles. The predicted octanol–water partition coefficient (Wildman–Crippen LogP) is 4.67. The Balaban J connectivity index is 1.69. The molecule has 0 radical (unpaired) electrons. The summed E-state index contributed by atoms with van der Waals surface area (Å²) in [5.74, 6) is 0.437. The lowest BCUT2D eigenvalue weighted by atomic mass is 10.1. The first-order valence-corrected chi connectivity index (χ1v) is 11.3. The second kappa shape index (κ2) is 12.1. The van der Waals surface area contributed by atoms with Crippen molar-refractivity contribution in [2.45, 2.75) is 32.4 Å². The highest BCUT2D eigenvalue weighted by atomic mass is 35.5. The maximum Gasteiger partial charge on any atom is 0.242 e. The molecule has 33 heavy (non-hydrogen) atoms. The number of carbonyl (C=O) groups is 2. The Kier molecular flexibility index (Phi) is 8.90. The molecule has 3 aromatic carbocycles. The molecule has 0 aliphatic rings. The summed E-state index contributed by atoms with van der Waals surface area (Å²) in [4.78, 5) is 27.8. The van der Waals surface area contributed by atoms with E-state index in [-0.39, 0.29) is 18.2 Å². The molecule has 5 nitrogen and oxygen atoms in total. The molecular formula is C27H29ClN2O3. The Morgan fingerprint density at radius 2 is 1.55 bits per heavy atom. The van der Waals surface area contributed by atoms with Crippen LogP contribution < -0.4 is 10.1 Å². The molecule has 1 N–H and O–H groups in total. The van der Waals surface area contributed by atoms with Crippen LogP contribution in [0.4, 0.5) is 0 Å². The van der Waals surface area contributed by atoms with Gasteiger partial charge in [0.1, 0.15) is 11.8 Å². The molecule has 172 valence electrons. The fraction of sp³-hybridized carbons (Fsp3) is 0.259. The van der Waals surface area contributed by atoms with Gasteiger partial charge in [-0.1, -0.05) is 66.2 Å². The Morgan fingerprint density at radius 1 is 0.909 bits per heavy atom. The topological polar surface area (TPSA) is 58.6 Å². The quantitative estimate of drug-likeness (QED) is 0.474. The second-order valence-corrected chi connectivity index (χ2v) is 8.31. The third-order valence-electron chi connectivity index (χ3n) is 5.50. The van der Waals surface area contributed by atoms with E-state index >= 15 is 0 Å². The summed E-state index contributed by atoms with van der Waals surface area (Å²) in [6, 6.07) is 24.0. The average Bonchev–Trinajstić information content (AvgIpc) is 2.84. The first-order chi connectivity index (χ1) is 16.0. The smallest absolute Gasteiger partial charge is 0.242 e. The van der Waals surface area contributed by atoms with Gasteiger partial charge < -0.3 is 15.0 Å². The van der Waals surface area contributed by atoms with Crippen molar-refractivity contribution in [2.24, 2.45) is 0 Å². The molecule has 0 saturated carbocycles. The van der Waals surface area contributed by atoms with Crippen LogP contribution in [0.2, 0.25) is 5.02 Å². The average molecular weight is 465 g/mol. The molecule has 1 atom stereocenters. The van der Waals surface area contributed by atoms with Crippen molar-refractivity contribution < 1.29 is 14.3 Å². The molecule has 3 aromatic rings. The zero-order valence-electron chi connectivity index (χ0n) is 19.0. The van der Waals surface area contributed by atoms with Crippen molar-refractivity contribution >= 4 is 23.4 Å². The third kappa shape index (κ3) is 7.36. The summed E-state index contributed by atoms with van der Waals surface area (Å²) in [7, 11) is 1.61. The predicted molar refractivity (Wildman–Crippen MR) is 131 cm³/mol. The van der Waals surface area contributed by atoms with Gasteiger partial charge >= 0.3 is 0 Å². The van der Waals surface area contributed by atoms with Crippen molar-refractivity contribution in [3.63, 3.8) is 0 Å². The van der Waals surface area contributed by atoms with Gasteiger partial charge in [0.15, 0.2) is 0 Å². The number of halogens is 1. The number of carbonyl (C=O) groups excluding carboxylic acids is 2. The Bertz CT molecular complexity index is 1040. The number of methoxy groups -OCH3 is 1. The van der Waals surface area contributed by atoms with Crippen LogP contribution in [-0.2, 0) is 29.0 Å². The minimum Gasteiger partial charge on any atom is -0.497 e. The van der Waals surface area contributed by atoms with E-state index in [1.807, 2.05) is 66.7 Å². The van der Waals surface area contributed by atoms with Crippen LogP contribution >= 0.6 is 11.6 Å². The van der Waals surface area contributed by atoms with Gasteiger partial charge in [-0.2, -0.15) is 0 Å². The van der Waals surface area contributed by atoms with E-state index in [1.165, 1.54) is 0 Å². The van der Waals surface area contributed by atoms with Crippen LogP contribution in [0.1, 0.15) is 23.6 Å². The second-order valence-electron chi connectivity index (χ2n) is 7.88. The number of rotatable bonds is 10. The molecule has 2 amide bonds. The number of ether oxygens (including phenoxy) is 1. The Morgan fingerprint density at radius 3 is 2.18 bits per heavy atom. The van der Waals surface area contributed by atoms with Gasteiger partial charge in [0.05, 0.1) is 13.5 Å². The highest BCUT2D eigenvalue weighted by molar-refractivity contribution is 6.30. The third-order valence-corrected chi connectivity index (χ3v) is 5.76. The zero-order valence-corrected chi connectivity index (χ0v) is 19.7. The minimum atomic E-state index is -0.623. The van der Waals surface area contributed by atoms with Crippen LogP contribution in [0.25, 0.3) is 0 Å². The highest BCUT2D eigenvalue weighted by Gasteiger charge is 2.26. The number of hydrogen-bond donors (Lipinski definition) is 1. The minimum absolute atomic E-state index is 0.126. The monoisotopic (exact) mass is 464 g/mol. The summed E-state index contributed by atoms with van der Waals surface area (Å²) in [6.45, 7) is 2.60. The zero-order chi connectivity index (χ0) is 23.6. The molecule has 0 heterocycles. The Labute approximate surface area is 200 Å². The van der Waals surface area contributed by atoms with Crippen molar-refractivity contribution in [2.75, 3.05) is 13.7 Å². The number of benzene rings is 3. The molecule has 0 spiro atoms. The van der Waals surface area contributed by atoms with E-state index in [0.29, 0.717) is 18.1 Å². The maximum atomic E-state index is 13.3.